The Kier molecular flexibility index (Phi) is 6.62. The van der Waals surface area contributed by atoms with Gasteiger partial charge in [-0.05, 0) is 25.2 Å². The summed E-state index contributed by atoms with van der Waals surface area (Å²) in [6.45, 7) is 3.89. The van der Waals surface area contributed by atoms with Crippen molar-refractivity contribution in [3.8, 4) is 0 Å². The van der Waals surface area contributed by atoms with Crippen LogP contribution in [0.15, 0.2) is 0 Å². The molecule has 6 nitrogen and oxygen atoms in total. The molecule has 19 heavy (non-hydrogen) atoms. The number of likely N-dealkylation sites (tertiary alicyclic amines) is 1. The third-order valence-corrected chi connectivity index (χ3v) is 3.51. The van der Waals surface area contributed by atoms with E-state index in [1.54, 1.807) is 4.90 Å². The maximum Gasteiger partial charge on any atom is 0.326 e. The number of ether oxygens (including phenoxy) is 1. The van der Waals surface area contributed by atoms with Crippen molar-refractivity contribution in [2.45, 2.75) is 38.6 Å². The Balaban J connectivity index is 2.48. The Morgan fingerprint density at radius 2 is 2.16 bits per heavy atom. The van der Waals surface area contributed by atoms with Gasteiger partial charge >= 0.3 is 12.0 Å². The molecule has 0 aromatic heterocycles. The largest absolute Gasteiger partial charge is 0.480 e. The first-order valence-electron chi connectivity index (χ1n) is 6.81. The summed E-state index contributed by atoms with van der Waals surface area (Å²) in [6, 6.07) is -1.16. The number of aliphatic carboxylic acids is 1. The van der Waals surface area contributed by atoms with E-state index in [1.165, 1.54) is 7.11 Å². The lowest BCUT2D eigenvalue weighted by Crippen LogP contribution is -2.48. The number of carboxylic acids is 1. The van der Waals surface area contributed by atoms with Crippen LogP contribution in [0.3, 0.4) is 0 Å². The molecule has 110 valence electrons. The molecule has 0 aliphatic carbocycles. The number of hydrogen-bond donors (Lipinski definition) is 2. The normalized spacial score (nSPS) is 21.6. The lowest BCUT2D eigenvalue weighted by Gasteiger charge is -2.23. The van der Waals surface area contributed by atoms with Gasteiger partial charge in [0.05, 0.1) is 0 Å². The highest BCUT2D eigenvalue weighted by molar-refractivity contribution is 5.82. The van der Waals surface area contributed by atoms with E-state index in [0.29, 0.717) is 25.6 Å². The molecule has 1 heterocycles. The molecule has 0 radical (unpaired) electrons. The van der Waals surface area contributed by atoms with Crippen molar-refractivity contribution in [1.82, 2.24) is 10.2 Å². The fourth-order valence-electron chi connectivity index (χ4n) is 2.20. The zero-order chi connectivity index (χ0) is 14.3. The van der Waals surface area contributed by atoms with Crippen LogP contribution in [0.2, 0.25) is 0 Å². The summed E-state index contributed by atoms with van der Waals surface area (Å²) in [5.74, 6) is -0.393. The van der Waals surface area contributed by atoms with Crippen LogP contribution in [-0.2, 0) is 9.53 Å². The van der Waals surface area contributed by atoms with Gasteiger partial charge in [0.25, 0.3) is 0 Å². The fraction of sp³-hybridized carbons (Fsp3) is 0.846. The molecule has 2 atom stereocenters. The minimum absolute atomic E-state index is 0.280. The zero-order valence-corrected chi connectivity index (χ0v) is 11.7. The number of amides is 2. The van der Waals surface area contributed by atoms with Gasteiger partial charge in [-0.1, -0.05) is 6.92 Å². The Hall–Kier alpha value is -1.30. The van der Waals surface area contributed by atoms with E-state index < -0.39 is 12.0 Å². The van der Waals surface area contributed by atoms with Crippen LogP contribution < -0.4 is 5.32 Å². The summed E-state index contributed by atoms with van der Waals surface area (Å²) >= 11 is 0. The average Bonchev–Trinajstić information content (AvgIpc) is 2.58. The first-order chi connectivity index (χ1) is 9.04. The number of rotatable bonds is 5. The molecule has 1 fully saturated rings. The van der Waals surface area contributed by atoms with Gasteiger partial charge < -0.3 is 20.1 Å². The molecular formula is C13H24N2O4. The number of hydrogen-bond acceptors (Lipinski definition) is 3. The standard InChI is InChI=1S/C13H24N2O4/c1-10-4-3-7-15(8-5-10)13(18)14-11(12(16)17)6-9-19-2/h10-11H,3-9H2,1-2H3,(H,14,18)(H,16,17). The monoisotopic (exact) mass is 272 g/mol. The first kappa shape index (κ1) is 15.8. The van der Waals surface area contributed by atoms with E-state index in [0.717, 1.165) is 19.3 Å². The second-order valence-corrected chi connectivity index (χ2v) is 5.14. The maximum absolute atomic E-state index is 12.0. The van der Waals surface area contributed by atoms with Crippen molar-refractivity contribution in [3.05, 3.63) is 0 Å². The predicted molar refractivity (Wildman–Crippen MR) is 71.0 cm³/mol. The third-order valence-electron chi connectivity index (χ3n) is 3.51. The van der Waals surface area contributed by atoms with Crippen molar-refractivity contribution in [1.29, 1.82) is 0 Å². The van der Waals surface area contributed by atoms with Crippen molar-refractivity contribution in [3.63, 3.8) is 0 Å². The van der Waals surface area contributed by atoms with Gasteiger partial charge in [-0.3, -0.25) is 0 Å². The van der Waals surface area contributed by atoms with Crippen molar-refractivity contribution >= 4 is 12.0 Å². The van der Waals surface area contributed by atoms with Gasteiger partial charge in [0.2, 0.25) is 0 Å². The van der Waals surface area contributed by atoms with E-state index in [-0.39, 0.29) is 12.5 Å². The molecule has 2 N–H and O–H groups in total. The summed E-state index contributed by atoms with van der Waals surface area (Å²) in [5, 5.41) is 11.6. The molecule has 0 spiro atoms. The van der Waals surface area contributed by atoms with Gasteiger partial charge in [-0.25, -0.2) is 9.59 Å². The molecule has 1 saturated heterocycles. The number of nitrogens with zero attached hydrogens (tertiary/aromatic N) is 1. The molecule has 1 rings (SSSR count). The number of methoxy groups -OCH3 is 1. The first-order valence-corrected chi connectivity index (χ1v) is 6.81. The van der Waals surface area contributed by atoms with Gasteiger partial charge in [-0.15, -0.1) is 0 Å². The summed E-state index contributed by atoms with van der Waals surface area (Å²) in [5.41, 5.74) is 0. The summed E-state index contributed by atoms with van der Waals surface area (Å²) in [4.78, 5) is 24.8. The van der Waals surface area contributed by atoms with Gasteiger partial charge in [0.15, 0.2) is 0 Å². The Bertz CT molecular complexity index is 309. The SMILES string of the molecule is COCCC(NC(=O)N1CCCC(C)CC1)C(=O)O. The predicted octanol–water partition coefficient (Wildman–Crippen LogP) is 1.31. The van der Waals surface area contributed by atoms with Crippen LogP contribution in [0.4, 0.5) is 4.79 Å². The van der Waals surface area contributed by atoms with Crippen LogP contribution in [0.25, 0.3) is 0 Å². The number of nitrogens with one attached hydrogen (secondary N) is 1. The number of carboxylic acid groups (broad SMARTS) is 1. The summed E-state index contributed by atoms with van der Waals surface area (Å²) in [6.07, 6.45) is 3.35. The molecule has 2 amide bonds. The summed E-state index contributed by atoms with van der Waals surface area (Å²) in [7, 11) is 1.51. The van der Waals surface area contributed by atoms with Gasteiger partial charge in [0.1, 0.15) is 6.04 Å². The second-order valence-electron chi connectivity index (χ2n) is 5.14. The fourth-order valence-corrected chi connectivity index (χ4v) is 2.20. The Labute approximate surface area is 114 Å². The van der Waals surface area contributed by atoms with Crippen LogP contribution in [-0.4, -0.2) is 54.9 Å². The highest BCUT2D eigenvalue weighted by Crippen LogP contribution is 2.16. The third kappa shape index (κ3) is 5.46. The van der Waals surface area contributed by atoms with Crippen LogP contribution in [0, 0.1) is 5.92 Å². The zero-order valence-electron chi connectivity index (χ0n) is 11.7. The van der Waals surface area contributed by atoms with E-state index in [1.807, 2.05) is 0 Å². The number of urea groups is 1. The number of carbonyl (C=O) groups excluding carboxylic acids is 1. The van der Waals surface area contributed by atoms with Crippen LogP contribution in [0.1, 0.15) is 32.6 Å². The van der Waals surface area contributed by atoms with Crippen LogP contribution >= 0.6 is 0 Å². The quantitative estimate of drug-likeness (QED) is 0.791. The lowest BCUT2D eigenvalue weighted by atomic mass is 10.0. The van der Waals surface area contributed by atoms with Crippen LogP contribution in [0.5, 0.6) is 0 Å². The van der Waals surface area contributed by atoms with Crippen molar-refractivity contribution in [2.24, 2.45) is 5.92 Å². The van der Waals surface area contributed by atoms with Gasteiger partial charge in [0, 0.05) is 33.2 Å². The second kappa shape index (κ2) is 7.99. The Morgan fingerprint density at radius 3 is 2.79 bits per heavy atom. The maximum atomic E-state index is 12.0. The summed E-state index contributed by atoms with van der Waals surface area (Å²) < 4.78 is 4.86. The van der Waals surface area contributed by atoms with Crippen molar-refractivity contribution in [2.75, 3.05) is 26.8 Å². The van der Waals surface area contributed by atoms with Crippen molar-refractivity contribution < 1.29 is 19.4 Å². The molecule has 6 heteroatoms. The lowest BCUT2D eigenvalue weighted by molar-refractivity contribution is -0.139. The molecule has 0 aromatic rings. The van der Waals surface area contributed by atoms with Gasteiger partial charge in [-0.2, -0.15) is 0 Å². The molecule has 0 bridgehead atoms. The van der Waals surface area contributed by atoms with E-state index in [4.69, 9.17) is 9.84 Å². The highest BCUT2D eigenvalue weighted by atomic mass is 16.5. The molecular weight excluding hydrogens is 248 g/mol. The van der Waals surface area contributed by atoms with E-state index in [2.05, 4.69) is 12.2 Å². The van der Waals surface area contributed by atoms with E-state index in [9.17, 15) is 9.59 Å². The molecule has 2 unspecified atom stereocenters. The molecule has 1 aliphatic rings. The molecule has 0 aromatic carbocycles. The smallest absolute Gasteiger partial charge is 0.326 e. The molecule has 1 aliphatic heterocycles. The van der Waals surface area contributed by atoms with E-state index >= 15 is 0 Å². The minimum Gasteiger partial charge on any atom is -0.480 e. The highest BCUT2D eigenvalue weighted by Gasteiger charge is 2.24. The average molecular weight is 272 g/mol. The number of carbonyl (C=O) groups is 2. The topological polar surface area (TPSA) is 78.9 Å². The Morgan fingerprint density at radius 1 is 1.42 bits per heavy atom. The molecule has 0 saturated carbocycles. The minimum atomic E-state index is -1.02.